The molecule has 0 atom stereocenters. The van der Waals surface area contributed by atoms with Crippen molar-refractivity contribution in [1.29, 1.82) is 0 Å². The molecule has 1 saturated heterocycles. The third-order valence-electron chi connectivity index (χ3n) is 7.61. The molecule has 12 heteroatoms. The Hall–Kier alpha value is -2.79. The Kier molecular flexibility index (Phi) is 6.33. The van der Waals surface area contributed by atoms with Crippen LogP contribution in [0.25, 0.3) is 5.69 Å². The van der Waals surface area contributed by atoms with Crippen LogP contribution in [0, 0.1) is 5.92 Å². The van der Waals surface area contributed by atoms with Crippen molar-refractivity contribution in [3.05, 3.63) is 64.3 Å². The minimum atomic E-state index is -4.50. The average molecular weight is 553 g/mol. The van der Waals surface area contributed by atoms with Crippen LogP contribution >= 0.6 is 11.6 Å². The summed E-state index contributed by atoms with van der Waals surface area (Å²) in [5.41, 5.74) is 0.741. The van der Waals surface area contributed by atoms with Crippen LogP contribution in [0.3, 0.4) is 0 Å². The average Bonchev–Trinajstić information content (AvgIpc) is 3.68. The maximum atomic E-state index is 14.7. The molecule has 3 aliphatic rings. The van der Waals surface area contributed by atoms with E-state index in [2.05, 4.69) is 15.2 Å². The van der Waals surface area contributed by atoms with Crippen LogP contribution in [0.2, 0.25) is 5.02 Å². The predicted molar refractivity (Wildman–Crippen MR) is 132 cm³/mol. The van der Waals surface area contributed by atoms with Gasteiger partial charge >= 0.3 is 6.18 Å². The molecule has 1 aliphatic carbocycles. The van der Waals surface area contributed by atoms with Crippen molar-refractivity contribution in [3.63, 3.8) is 0 Å². The smallest absolute Gasteiger partial charge is 0.357 e. The second kappa shape index (κ2) is 9.44. The van der Waals surface area contributed by atoms with E-state index < -0.39 is 23.7 Å². The lowest BCUT2D eigenvalue weighted by Crippen LogP contribution is -2.37. The number of anilines is 1. The molecule has 4 heterocycles. The van der Waals surface area contributed by atoms with Gasteiger partial charge in [0.05, 0.1) is 18.8 Å². The van der Waals surface area contributed by atoms with Gasteiger partial charge in [-0.3, -0.25) is 9.47 Å². The van der Waals surface area contributed by atoms with Crippen LogP contribution in [0.4, 0.5) is 27.8 Å². The van der Waals surface area contributed by atoms with E-state index in [1.807, 2.05) is 15.5 Å². The second-order valence-electron chi connectivity index (χ2n) is 10.4. The third kappa shape index (κ3) is 4.98. The van der Waals surface area contributed by atoms with E-state index in [0.29, 0.717) is 62.0 Å². The van der Waals surface area contributed by atoms with Gasteiger partial charge in [0.2, 0.25) is 0 Å². The molecule has 6 rings (SSSR count). The number of fused-ring (bicyclic) bond motifs is 3. The first-order chi connectivity index (χ1) is 18.1. The lowest BCUT2D eigenvalue weighted by molar-refractivity contribution is -0.141. The number of benzene rings is 1. The molecule has 6 nitrogen and oxygen atoms in total. The Morgan fingerprint density at radius 2 is 1.68 bits per heavy atom. The van der Waals surface area contributed by atoms with E-state index in [1.54, 1.807) is 23.1 Å². The zero-order valence-corrected chi connectivity index (χ0v) is 21.2. The van der Waals surface area contributed by atoms with Crippen molar-refractivity contribution in [2.45, 2.75) is 56.8 Å². The van der Waals surface area contributed by atoms with Crippen molar-refractivity contribution < 1.29 is 22.0 Å². The molecule has 202 valence electrons. The standard InChI is InChI=1S/C26H26ClF5N6/c27-19-6-7-20-17(12-19)13-36(15-25(28,29)18-4-5-18)14-23-34-35-24(38(20)23)16-8-10-37(11-9-16)22-3-1-2-21(33-22)26(30,31)32/h1-3,6-7,12,16,18H,4-5,8-11,13-15H2. The molecule has 1 aromatic carbocycles. The fraction of sp³-hybridized carbons (Fsp3) is 0.500. The Labute approximate surface area is 221 Å². The third-order valence-corrected chi connectivity index (χ3v) is 7.85. The minimum absolute atomic E-state index is 0.00119. The number of hydrogen-bond acceptors (Lipinski definition) is 5. The van der Waals surface area contributed by atoms with Gasteiger partial charge in [0, 0.05) is 36.5 Å². The van der Waals surface area contributed by atoms with E-state index >= 15 is 0 Å². The highest BCUT2D eigenvalue weighted by Crippen LogP contribution is 2.44. The maximum absolute atomic E-state index is 14.7. The first-order valence-corrected chi connectivity index (χ1v) is 13.1. The molecular weight excluding hydrogens is 527 g/mol. The number of rotatable bonds is 5. The molecule has 38 heavy (non-hydrogen) atoms. The summed E-state index contributed by atoms with van der Waals surface area (Å²) in [6.07, 6.45) is -2.11. The van der Waals surface area contributed by atoms with Crippen molar-refractivity contribution >= 4 is 17.4 Å². The molecule has 0 amide bonds. The van der Waals surface area contributed by atoms with Crippen LogP contribution in [0.1, 0.15) is 54.5 Å². The van der Waals surface area contributed by atoms with E-state index in [1.165, 1.54) is 6.07 Å². The molecule has 0 bridgehead atoms. The zero-order chi connectivity index (χ0) is 26.7. The number of alkyl halides is 5. The fourth-order valence-corrected chi connectivity index (χ4v) is 5.72. The van der Waals surface area contributed by atoms with E-state index in [4.69, 9.17) is 11.6 Å². The molecule has 2 aromatic heterocycles. The lowest BCUT2D eigenvalue weighted by atomic mass is 9.95. The maximum Gasteiger partial charge on any atom is 0.433 e. The van der Waals surface area contributed by atoms with Crippen molar-refractivity contribution in [3.8, 4) is 5.69 Å². The molecule has 0 unspecified atom stereocenters. The number of pyridine rings is 1. The summed E-state index contributed by atoms with van der Waals surface area (Å²) in [5, 5.41) is 9.43. The number of halogens is 6. The van der Waals surface area contributed by atoms with E-state index in [-0.39, 0.29) is 19.0 Å². The van der Waals surface area contributed by atoms with E-state index in [9.17, 15) is 22.0 Å². The molecule has 0 spiro atoms. The molecule has 1 saturated carbocycles. The highest BCUT2D eigenvalue weighted by molar-refractivity contribution is 6.30. The predicted octanol–water partition coefficient (Wildman–Crippen LogP) is 6.08. The Bertz CT molecular complexity index is 1330. The highest BCUT2D eigenvalue weighted by Gasteiger charge is 2.48. The normalized spacial score (nSPS) is 19.3. The van der Waals surface area contributed by atoms with Crippen LogP contribution in [-0.2, 0) is 19.3 Å². The van der Waals surface area contributed by atoms with Crippen molar-refractivity contribution in [2.75, 3.05) is 24.5 Å². The number of piperidine rings is 1. The van der Waals surface area contributed by atoms with Crippen LogP contribution in [-0.4, -0.2) is 50.2 Å². The van der Waals surface area contributed by atoms with Gasteiger partial charge in [-0.1, -0.05) is 17.7 Å². The van der Waals surface area contributed by atoms with E-state index in [0.717, 1.165) is 23.1 Å². The molecule has 0 N–H and O–H groups in total. The molecular formula is C26H26ClF5N6. The number of nitrogens with zero attached hydrogens (tertiary/aromatic N) is 6. The summed E-state index contributed by atoms with van der Waals surface area (Å²) in [7, 11) is 0. The quantitative estimate of drug-likeness (QED) is 0.359. The Morgan fingerprint density at radius 1 is 0.921 bits per heavy atom. The topological polar surface area (TPSA) is 50.1 Å². The minimum Gasteiger partial charge on any atom is -0.357 e. The van der Waals surface area contributed by atoms with Gasteiger partial charge in [-0.25, -0.2) is 13.8 Å². The monoisotopic (exact) mass is 552 g/mol. The van der Waals surface area contributed by atoms with Gasteiger partial charge in [0.15, 0.2) is 5.82 Å². The van der Waals surface area contributed by atoms with Gasteiger partial charge in [0.1, 0.15) is 17.3 Å². The van der Waals surface area contributed by atoms with Gasteiger partial charge < -0.3 is 4.90 Å². The van der Waals surface area contributed by atoms with Crippen LogP contribution in [0.5, 0.6) is 0 Å². The first kappa shape index (κ1) is 25.5. The zero-order valence-electron chi connectivity index (χ0n) is 20.4. The number of hydrogen-bond donors (Lipinski definition) is 0. The van der Waals surface area contributed by atoms with Crippen molar-refractivity contribution in [2.24, 2.45) is 5.92 Å². The van der Waals surface area contributed by atoms with Gasteiger partial charge in [-0.05, 0) is 61.6 Å². The largest absolute Gasteiger partial charge is 0.433 e. The summed E-state index contributed by atoms with van der Waals surface area (Å²) in [6.45, 7) is 1.21. The van der Waals surface area contributed by atoms with Crippen LogP contribution < -0.4 is 4.90 Å². The van der Waals surface area contributed by atoms with Gasteiger partial charge in [-0.2, -0.15) is 13.2 Å². The molecule has 0 radical (unpaired) electrons. The lowest BCUT2D eigenvalue weighted by Gasteiger charge is -2.32. The summed E-state index contributed by atoms with van der Waals surface area (Å²) >= 11 is 6.29. The summed E-state index contributed by atoms with van der Waals surface area (Å²) in [5.74, 6) is -1.70. The summed E-state index contributed by atoms with van der Waals surface area (Å²) in [4.78, 5) is 7.38. The highest BCUT2D eigenvalue weighted by atomic mass is 35.5. The van der Waals surface area contributed by atoms with Gasteiger partial charge in [-0.15, -0.1) is 10.2 Å². The van der Waals surface area contributed by atoms with Crippen LogP contribution in [0.15, 0.2) is 36.4 Å². The van der Waals surface area contributed by atoms with Crippen molar-refractivity contribution in [1.82, 2.24) is 24.6 Å². The Morgan fingerprint density at radius 3 is 2.39 bits per heavy atom. The summed E-state index contributed by atoms with van der Waals surface area (Å²) < 4.78 is 70.8. The number of aromatic nitrogens is 4. The summed E-state index contributed by atoms with van der Waals surface area (Å²) in [6, 6.07) is 9.37. The second-order valence-corrected chi connectivity index (χ2v) is 10.8. The molecule has 2 fully saturated rings. The fourth-order valence-electron chi connectivity index (χ4n) is 5.52. The SMILES string of the molecule is FC(F)(F)c1cccc(N2CCC(c3nnc4n3-c3ccc(Cl)cc3CN(CC(F)(F)C3CC3)C4)CC2)n1. The molecule has 3 aromatic rings. The first-order valence-electron chi connectivity index (χ1n) is 12.7. The Balaban J connectivity index is 1.25. The van der Waals surface area contributed by atoms with Gasteiger partial charge in [0.25, 0.3) is 5.92 Å². The molecule has 2 aliphatic heterocycles.